The van der Waals surface area contributed by atoms with Gasteiger partial charge in [-0.3, -0.25) is 38.1 Å². The average Bonchev–Trinajstić information content (AvgIpc) is 1.57. The molecule has 32 heteroatoms. The number of anilines is 8. The number of nitrogens with one attached hydrogen (secondary N) is 4. The van der Waals surface area contributed by atoms with Crippen molar-refractivity contribution in [3.8, 4) is 0 Å². The minimum absolute atomic E-state index is 0.0667. The Labute approximate surface area is 856 Å². The normalized spacial score (nSPS) is 14.4. The molecule has 16 rings (SSSR count). The van der Waals surface area contributed by atoms with Gasteiger partial charge in [0.25, 0.3) is 40.1 Å². The number of benzene rings is 8. The third-order valence-electron chi connectivity index (χ3n) is 26.2. The van der Waals surface area contributed by atoms with Gasteiger partial charge in [0.15, 0.2) is 23.1 Å². The van der Waals surface area contributed by atoms with Crippen LogP contribution in [-0.4, -0.2) is 109 Å². The zero-order chi connectivity index (χ0) is 100. The number of thiophene rings is 4. The average molecular weight is 2110 g/mol. The van der Waals surface area contributed by atoms with Crippen molar-refractivity contribution in [3.05, 3.63) is 296 Å². The molecule has 4 N–H and O–H groups in total. The number of nitrogens with zero attached hydrogens (tertiary/aromatic N) is 4. The lowest BCUT2D eigenvalue weighted by Gasteiger charge is -2.33. The lowest BCUT2D eigenvalue weighted by Crippen LogP contribution is -2.31. The number of Topliss-reactive ketones (excluding diaryl/α,β-unsaturated/α-hetero) is 4. The van der Waals surface area contributed by atoms with Crippen LogP contribution in [0.1, 0.15) is 226 Å². The molecule has 0 aliphatic carbocycles. The molecule has 0 saturated carbocycles. The summed E-state index contributed by atoms with van der Waals surface area (Å²) in [5.41, 5.74) is 22.6. The second kappa shape index (κ2) is 46.3. The Morgan fingerprint density at radius 1 is 0.295 bits per heavy atom. The molecule has 0 radical (unpaired) electrons. The number of aryl methyl sites for hydroxylation is 7. The van der Waals surface area contributed by atoms with Gasteiger partial charge >= 0.3 is 0 Å². The first-order valence-corrected chi connectivity index (χ1v) is 57.8. The van der Waals surface area contributed by atoms with Gasteiger partial charge < -0.3 is 19.6 Å². The molecule has 4 fully saturated rings. The van der Waals surface area contributed by atoms with Crippen molar-refractivity contribution in [3.63, 3.8) is 0 Å². The first kappa shape index (κ1) is 107. The van der Waals surface area contributed by atoms with E-state index in [4.69, 9.17) is 46.4 Å². The van der Waals surface area contributed by atoms with Gasteiger partial charge in [-0.15, -0.1) is 45.3 Å². The molecule has 8 aromatic carbocycles. The number of carbonyl (C=O) groups is 4. The second-order valence-corrected chi connectivity index (χ2v) is 49.4. The topological polar surface area (TPSA) is 266 Å². The number of piperidine rings is 4. The Morgan fingerprint density at radius 2 is 0.518 bits per heavy atom. The van der Waals surface area contributed by atoms with E-state index in [2.05, 4.69) is 106 Å². The largest absolute Gasteiger partial charge is 0.371 e. The standard InChI is InChI=1S/C30H38N2O3S2.2C26H29ClN2O3S2.C25H26Cl2N2O3S2/c1-20-18-21(2)28(32-15-8-7-9-16-32)22(3)25(20)19-27(33)29-26(14-17-36-29)31-37(34,35)24-12-10-23(11-13-24)30(4,5)6;1-17-15-18(2)25(29-12-5-4-6-13-29)19(3)22(17)16-24(30)26-23(11-14-33-26)28-34(31,32)21-9-7-20(27)8-10-21;1-17-7-9-20(10-8-17)34(31,32)28-23-11-14-33-26(23)24(30)16-21-18(2)15-22(27)25(19(21)3)29-12-5-4-6-13-29;1-16-14-21(27)24(29-11-4-3-5-12-29)17(2)20(16)15-23(30)25-22(10-13-33-25)28-34(31,32)19-8-6-18(26)7-9-19/h10-14,17-18,31H,7-9,15-16,19H2,1-6H3;2*7-11,14-15,28H,4-6,12-13,16H2,1-3H3;6-10,13-14,28H,3-5,11-12,15H2,1-2H3. The Kier molecular flexibility index (Phi) is 35.6. The molecule has 20 nitrogen and oxygen atoms in total. The molecule has 0 spiro atoms. The van der Waals surface area contributed by atoms with Gasteiger partial charge in [-0.1, -0.05) is 109 Å². The first-order chi connectivity index (χ1) is 65.9. The minimum atomic E-state index is -3.85. The Hall–Kier alpha value is -9.40. The molecule has 0 unspecified atom stereocenters. The smallest absolute Gasteiger partial charge is 0.261 e. The molecule has 0 amide bonds. The van der Waals surface area contributed by atoms with Gasteiger partial charge in [-0.2, -0.15) is 0 Å². The summed E-state index contributed by atoms with van der Waals surface area (Å²) in [6.45, 7) is 36.8. The molecule has 4 aromatic heterocycles. The highest BCUT2D eigenvalue weighted by Gasteiger charge is 2.32. The Bertz CT molecular complexity index is 6500. The van der Waals surface area contributed by atoms with Crippen molar-refractivity contribution in [2.75, 3.05) is 90.8 Å². The predicted octanol–water partition coefficient (Wildman–Crippen LogP) is 27.2. The maximum Gasteiger partial charge on any atom is 0.261 e. The molecule has 0 atom stereocenters. The van der Waals surface area contributed by atoms with Crippen LogP contribution in [0.5, 0.6) is 0 Å². The van der Waals surface area contributed by atoms with Gasteiger partial charge in [-0.25, -0.2) is 33.7 Å². The highest BCUT2D eigenvalue weighted by molar-refractivity contribution is 7.93. The van der Waals surface area contributed by atoms with Crippen molar-refractivity contribution in [1.29, 1.82) is 0 Å². The molecule has 0 bridgehead atoms. The maximum absolute atomic E-state index is 13.5. The van der Waals surface area contributed by atoms with Gasteiger partial charge in [0.1, 0.15) is 0 Å². The third kappa shape index (κ3) is 26.2. The van der Waals surface area contributed by atoms with Gasteiger partial charge in [0, 0.05) is 99.5 Å². The molecule has 139 heavy (non-hydrogen) atoms. The number of halogens is 4. The van der Waals surface area contributed by atoms with Crippen LogP contribution in [0.4, 0.5) is 45.5 Å². The van der Waals surface area contributed by atoms with E-state index >= 15 is 0 Å². The van der Waals surface area contributed by atoms with Crippen molar-refractivity contribution in [2.24, 2.45) is 0 Å². The van der Waals surface area contributed by atoms with E-state index in [9.17, 15) is 52.8 Å². The molecular weight excluding hydrogens is 1990 g/mol. The van der Waals surface area contributed by atoms with E-state index in [1.165, 1.54) is 168 Å². The summed E-state index contributed by atoms with van der Waals surface area (Å²) in [6.07, 6.45) is 15.1. The van der Waals surface area contributed by atoms with Crippen molar-refractivity contribution in [2.45, 2.75) is 225 Å². The predicted molar refractivity (Wildman–Crippen MR) is 579 cm³/mol. The highest BCUT2D eigenvalue weighted by Crippen LogP contribution is 2.43. The zero-order valence-corrected chi connectivity index (χ0v) is 90.7. The summed E-state index contributed by atoms with van der Waals surface area (Å²) in [4.78, 5) is 65.3. The Balaban J connectivity index is 0.000000156. The SMILES string of the molecule is Cc1cc(C)c(N2CCCCC2)c(C)c1CC(=O)c1sccc1NS(=O)(=O)c1ccc(C(C)(C)C)cc1.Cc1cc(C)c(N2CCCCC2)c(C)c1CC(=O)c1sccc1NS(=O)(=O)c1ccc(Cl)cc1.Cc1cc(Cl)c(N2CCCCC2)c(C)c1CC(=O)c1sccc1NS(=O)(=O)c1ccc(Cl)cc1.Cc1ccc(S(=O)(=O)Nc2ccsc2C(=O)Cc2c(C)cc(Cl)c(N3CCCCC3)c2C)cc1. The van der Waals surface area contributed by atoms with Gasteiger partial charge in [-0.05, 0) is 373 Å². The fraction of sp³-hybridized carbons (Fsp3) is 0.364. The van der Waals surface area contributed by atoms with Crippen LogP contribution in [0.25, 0.3) is 0 Å². The number of carbonyl (C=O) groups excluding carboxylic acids is 4. The summed E-state index contributed by atoms with van der Waals surface area (Å²) in [6, 6.07) is 40.2. The Morgan fingerprint density at radius 3 is 0.770 bits per heavy atom. The molecule has 4 aliphatic heterocycles. The number of ketones is 4. The first-order valence-electron chi connectivity index (χ1n) is 46.9. The molecule has 4 aliphatic rings. The van der Waals surface area contributed by atoms with Crippen molar-refractivity contribution < 1.29 is 52.8 Å². The number of rotatable bonds is 28. The zero-order valence-electron chi connectivity index (χ0n) is 81.1. The molecule has 8 heterocycles. The highest BCUT2D eigenvalue weighted by atomic mass is 35.5. The molecule has 12 aromatic rings. The second-order valence-electron chi connectivity index (χ2n) is 37.3. The van der Waals surface area contributed by atoms with Crippen LogP contribution in [0.15, 0.2) is 187 Å². The summed E-state index contributed by atoms with van der Waals surface area (Å²) < 4.78 is 114. The summed E-state index contributed by atoms with van der Waals surface area (Å²) in [5.74, 6) is -0.421. The number of sulfonamides is 4. The lowest BCUT2D eigenvalue weighted by molar-refractivity contribution is 0.0989. The van der Waals surface area contributed by atoms with E-state index in [1.807, 2.05) is 65.8 Å². The summed E-state index contributed by atoms with van der Waals surface area (Å²) in [7, 11) is -15.3. The van der Waals surface area contributed by atoms with E-state index in [1.54, 1.807) is 82.2 Å². The lowest BCUT2D eigenvalue weighted by atomic mass is 9.87. The van der Waals surface area contributed by atoms with E-state index < -0.39 is 40.1 Å². The van der Waals surface area contributed by atoms with Crippen molar-refractivity contribution >= 4 is 200 Å². The van der Waals surface area contributed by atoms with Crippen LogP contribution in [0, 0.1) is 76.2 Å². The van der Waals surface area contributed by atoms with Crippen LogP contribution in [-0.2, 0) is 71.2 Å². The van der Waals surface area contributed by atoms with Gasteiger partial charge in [0.2, 0.25) is 0 Å². The summed E-state index contributed by atoms with van der Waals surface area (Å²) in [5, 5.41) is 9.29. The minimum Gasteiger partial charge on any atom is -0.371 e. The fourth-order valence-corrected chi connectivity index (χ4v) is 27.8. The maximum atomic E-state index is 13.5. The van der Waals surface area contributed by atoms with Crippen molar-refractivity contribution in [1.82, 2.24) is 0 Å². The molecular formula is C107H122Cl4N8O12S8. The van der Waals surface area contributed by atoms with Crippen LogP contribution in [0.3, 0.4) is 0 Å². The van der Waals surface area contributed by atoms with Crippen LogP contribution in [0.2, 0.25) is 20.1 Å². The monoisotopic (exact) mass is 2110 g/mol. The van der Waals surface area contributed by atoms with E-state index in [-0.39, 0.29) is 79.5 Å². The van der Waals surface area contributed by atoms with Crippen LogP contribution >= 0.6 is 91.8 Å². The fourth-order valence-electron chi connectivity index (χ4n) is 18.9. The molecule has 738 valence electrons. The van der Waals surface area contributed by atoms with Gasteiger partial charge in [0.05, 0.1) is 83.3 Å². The van der Waals surface area contributed by atoms with Crippen LogP contribution < -0.4 is 38.5 Å². The number of hydrogen-bond donors (Lipinski definition) is 4. The van der Waals surface area contributed by atoms with E-state index in [0.717, 1.165) is 172 Å². The van der Waals surface area contributed by atoms with E-state index in [0.29, 0.717) is 51.6 Å². The quantitative estimate of drug-likeness (QED) is 0.0332. The third-order valence-corrected chi connectivity index (χ3v) is 36.6. The molecule has 4 saturated heterocycles. The summed E-state index contributed by atoms with van der Waals surface area (Å²) >= 11 is 30.0. The number of hydrogen-bond acceptors (Lipinski definition) is 20.